The normalized spacial score (nSPS) is 20.1. The Hall–Kier alpha value is -3.85. The minimum Gasteiger partial charge on any atom is -0.465 e. The van der Waals surface area contributed by atoms with Gasteiger partial charge in [0.2, 0.25) is 0 Å². The van der Waals surface area contributed by atoms with Gasteiger partial charge in [-0.1, -0.05) is 54.9 Å². The average molecular weight is 740 g/mol. The van der Waals surface area contributed by atoms with E-state index in [0.29, 0.717) is 27.5 Å². The number of likely N-dealkylation sites (tertiary alicyclic amines) is 1. The fourth-order valence-electron chi connectivity index (χ4n) is 8.43. The third-order valence-electron chi connectivity index (χ3n) is 11.0. The maximum absolute atomic E-state index is 12.5. The first-order valence-electron chi connectivity index (χ1n) is 17.9. The van der Waals surface area contributed by atoms with Crippen LogP contribution in [-0.4, -0.2) is 72.9 Å². The summed E-state index contributed by atoms with van der Waals surface area (Å²) in [7, 11) is 3.60. The number of hydrogen-bond acceptors (Lipinski definition) is 7. The number of fused-ring (bicyclic) bond motifs is 4. The zero-order chi connectivity index (χ0) is 35.5. The number of esters is 1. The zero-order valence-corrected chi connectivity index (χ0v) is 30.6. The van der Waals surface area contributed by atoms with Gasteiger partial charge in [0.25, 0.3) is 0 Å². The summed E-state index contributed by atoms with van der Waals surface area (Å²) in [5, 5.41) is 14.7. The molecule has 8 rings (SSSR count). The molecule has 4 aromatic rings. The molecular weight excluding hydrogens is 691 g/mol. The molecule has 0 spiro atoms. The molecule has 2 aromatic heterocycles. The molecule has 0 amide bonds. The summed E-state index contributed by atoms with van der Waals surface area (Å²) >= 11 is 12.6. The van der Waals surface area contributed by atoms with Crippen LogP contribution >= 0.6 is 23.2 Å². The topological polar surface area (TPSA) is 87.6 Å². The van der Waals surface area contributed by atoms with Crippen molar-refractivity contribution in [2.75, 3.05) is 46.9 Å². The van der Waals surface area contributed by atoms with Crippen LogP contribution in [0.4, 0.5) is 0 Å². The number of aliphatic hydroxyl groups excluding tert-OH is 1. The van der Waals surface area contributed by atoms with E-state index in [1.165, 1.54) is 12.7 Å². The lowest BCUT2D eigenvalue weighted by Crippen LogP contribution is -2.33. The molecule has 52 heavy (non-hydrogen) atoms. The summed E-state index contributed by atoms with van der Waals surface area (Å²) in [4.78, 5) is 24.4. The van der Waals surface area contributed by atoms with E-state index in [-0.39, 0.29) is 31.8 Å². The molecule has 2 aromatic carbocycles. The second-order valence-corrected chi connectivity index (χ2v) is 14.9. The standard InChI is InChI=1S/C21H21ClN2O2.C21H23ClN2O.CH4/c1-26-21(25)18-11-14-3-2-8-24-20(14)19(13-6-9-23-10-7-13)16-5-4-15(22)12-17(16)18;1-24-9-6-14(7-10-24)20-18-5-4-17(22)12-19(18)16(13-25)11-15-3-2-8-23-21(15)20;/h2-5,8,11-13,19,23H,6-7,9-10H2,1H3;2-5,8,11-12,14,20,25H,6-7,9-10,13H2,1H3;1H4. The van der Waals surface area contributed by atoms with Crippen molar-refractivity contribution in [3.63, 3.8) is 0 Å². The van der Waals surface area contributed by atoms with Crippen LogP contribution in [0, 0.1) is 11.8 Å². The van der Waals surface area contributed by atoms with Crippen LogP contribution in [0.15, 0.2) is 73.1 Å². The number of nitrogens with zero attached hydrogens (tertiary/aromatic N) is 3. The van der Waals surface area contributed by atoms with Crippen molar-refractivity contribution in [2.24, 2.45) is 11.8 Å². The molecular formula is C43H48Cl2N4O3. The SMILES string of the molecule is C.CN1CCC(C2c3ccc(Cl)cc3C(CO)=Cc3cccnc32)CC1.COC(=O)C1=Cc2cccnc2C(C2CCNCC2)c2ccc(Cl)cc21. The number of aromatic nitrogens is 2. The first kappa shape index (κ1) is 37.9. The molecule has 2 aliphatic heterocycles. The van der Waals surface area contributed by atoms with Crippen LogP contribution in [0.5, 0.6) is 0 Å². The molecule has 2 unspecified atom stereocenters. The van der Waals surface area contributed by atoms with Crippen LogP contribution < -0.4 is 5.32 Å². The number of benzene rings is 2. The number of methoxy groups -OCH3 is 1. The Bertz CT molecular complexity index is 1960. The number of piperidine rings is 2. The molecule has 2 fully saturated rings. The Morgan fingerprint density at radius 3 is 1.94 bits per heavy atom. The third-order valence-corrected chi connectivity index (χ3v) is 11.4. The van der Waals surface area contributed by atoms with Gasteiger partial charge in [0.05, 0.1) is 30.7 Å². The number of rotatable bonds is 4. The Balaban J connectivity index is 0.000000175. The van der Waals surface area contributed by atoms with Crippen LogP contribution in [0.2, 0.25) is 10.0 Å². The van der Waals surface area contributed by atoms with Gasteiger partial charge < -0.3 is 20.1 Å². The van der Waals surface area contributed by atoms with Gasteiger partial charge in [-0.15, -0.1) is 0 Å². The number of hydrogen-bond donors (Lipinski definition) is 2. The Morgan fingerprint density at radius 1 is 0.827 bits per heavy atom. The van der Waals surface area contributed by atoms with Gasteiger partial charge in [0.1, 0.15) is 0 Å². The van der Waals surface area contributed by atoms with Gasteiger partial charge in [0.15, 0.2) is 0 Å². The number of aliphatic hydroxyl groups is 1. The molecule has 0 bridgehead atoms. The van der Waals surface area contributed by atoms with Crippen LogP contribution in [0.3, 0.4) is 0 Å². The van der Waals surface area contributed by atoms with E-state index in [1.807, 2.05) is 67.0 Å². The van der Waals surface area contributed by atoms with Crippen molar-refractivity contribution < 1.29 is 14.6 Å². The maximum Gasteiger partial charge on any atom is 0.338 e. The highest BCUT2D eigenvalue weighted by atomic mass is 35.5. The van der Waals surface area contributed by atoms with Gasteiger partial charge in [0, 0.05) is 34.3 Å². The van der Waals surface area contributed by atoms with Crippen molar-refractivity contribution in [3.8, 4) is 0 Å². The molecule has 0 radical (unpaired) electrons. The smallest absolute Gasteiger partial charge is 0.338 e. The molecule has 9 heteroatoms. The van der Waals surface area contributed by atoms with E-state index in [2.05, 4.69) is 35.5 Å². The number of nitrogens with one attached hydrogen (secondary N) is 1. The van der Waals surface area contributed by atoms with Gasteiger partial charge >= 0.3 is 5.97 Å². The van der Waals surface area contributed by atoms with Crippen LogP contribution in [-0.2, 0) is 9.53 Å². The summed E-state index contributed by atoms with van der Waals surface area (Å²) in [5.74, 6) is 1.05. The monoisotopic (exact) mass is 738 g/mol. The predicted octanol–water partition coefficient (Wildman–Crippen LogP) is 8.58. The molecule has 2 N–H and O–H groups in total. The fraction of sp³-hybridized carbons (Fsp3) is 0.372. The van der Waals surface area contributed by atoms with E-state index in [4.69, 9.17) is 37.9 Å². The maximum atomic E-state index is 12.5. The summed E-state index contributed by atoms with van der Waals surface area (Å²) in [6.07, 6.45) is 12.2. The van der Waals surface area contributed by atoms with E-state index in [1.54, 1.807) is 0 Å². The van der Waals surface area contributed by atoms with Gasteiger partial charge in [-0.25, -0.2) is 4.79 Å². The van der Waals surface area contributed by atoms with E-state index in [9.17, 15) is 9.90 Å². The lowest BCUT2D eigenvalue weighted by Gasteiger charge is -2.35. The lowest BCUT2D eigenvalue weighted by molar-refractivity contribution is -0.133. The second-order valence-electron chi connectivity index (χ2n) is 14.0. The number of pyridine rings is 2. The first-order chi connectivity index (χ1) is 24.9. The lowest BCUT2D eigenvalue weighted by atomic mass is 9.76. The molecule has 2 saturated heterocycles. The highest BCUT2D eigenvalue weighted by Gasteiger charge is 2.35. The largest absolute Gasteiger partial charge is 0.465 e. The molecule has 0 saturated carbocycles. The molecule has 2 atom stereocenters. The Kier molecular flexibility index (Phi) is 12.3. The van der Waals surface area contributed by atoms with Crippen molar-refractivity contribution in [2.45, 2.75) is 44.9 Å². The van der Waals surface area contributed by atoms with Gasteiger partial charge in [-0.05, 0) is 158 Å². The van der Waals surface area contributed by atoms with Crippen LogP contribution in [0.25, 0.3) is 23.3 Å². The molecule has 2 aliphatic carbocycles. The molecule has 4 heterocycles. The van der Waals surface area contributed by atoms with Gasteiger partial charge in [-0.2, -0.15) is 0 Å². The van der Waals surface area contributed by atoms with Crippen molar-refractivity contribution >= 4 is 52.5 Å². The number of halogens is 2. The highest BCUT2D eigenvalue weighted by Crippen LogP contribution is 2.46. The van der Waals surface area contributed by atoms with Crippen molar-refractivity contribution in [1.29, 1.82) is 0 Å². The fourth-order valence-corrected chi connectivity index (χ4v) is 8.78. The molecule has 7 nitrogen and oxygen atoms in total. The van der Waals surface area contributed by atoms with E-state index in [0.717, 1.165) is 96.6 Å². The molecule has 4 aliphatic rings. The Morgan fingerprint density at radius 2 is 1.37 bits per heavy atom. The highest BCUT2D eigenvalue weighted by molar-refractivity contribution is 6.31. The van der Waals surface area contributed by atoms with E-state index >= 15 is 0 Å². The third kappa shape index (κ3) is 7.75. The first-order valence-corrected chi connectivity index (χ1v) is 18.6. The zero-order valence-electron chi connectivity index (χ0n) is 29.1. The van der Waals surface area contributed by atoms with Crippen LogP contribution in [0.1, 0.15) is 89.7 Å². The molecule has 272 valence electrons. The number of carbonyl (C=O) groups excluding carboxylic acids is 1. The quantitative estimate of drug-likeness (QED) is 0.203. The van der Waals surface area contributed by atoms with E-state index < -0.39 is 0 Å². The second kappa shape index (κ2) is 16.9. The Labute approximate surface area is 317 Å². The van der Waals surface area contributed by atoms with Gasteiger partial charge in [-0.3, -0.25) is 9.97 Å². The number of carbonyl (C=O) groups is 1. The summed E-state index contributed by atoms with van der Waals surface area (Å²) in [6.45, 7) is 4.24. The summed E-state index contributed by atoms with van der Waals surface area (Å²) in [5.41, 5.74) is 9.98. The summed E-state index contributed by atoms with van der Waals surface area (Å²) < 4.78 is 5.06. The minimum atomic E-state index is -0.353. The summed E-state index contributed by atoms with van der Waals surface area (Å²) in [6, 6.07) is 19.9. The number of ether oxygens (including phenoxy) is 1. The van der Waals surface area contributed by atoms with Crippen molar-refractivity contribution in [3.05, 3.63) is 128 Å². The average Bonchev–Trinajstić information content (AvgIpc) is 3.39. The van der Waals surface area contributed by atoms with Crippen molar-refractivity contribution in [1.82, 2.24) is 20.2 Å². The predicted molar refractivity (Wildman–Crippen MR) is 212 cm³/mol. The minimum absolute atomic E-state index is 0.